The van der Waals surface area contributed by atoms with Gasteiger partial charge < -0.3 is 9.47 Å². The number of carbonyl (C=O) groups excluding carboxylic acids is 2. The van der Waals surface area contributed by atoms with Crippen molar-refractivity contribution in [1.29, 1.82) is 0 Å². The van der Waals surface area contributed by atoms with Crippen molar-refractivity contribution in [3.05, 3.63) is 61.6 Å². The molecule has 2 aromatic carbocycles. The van der Waals surface area contributed by atoms with Gasteiger partial charge in [-0.05, 0) is 96.3 Å². The molecule has 1 heterocycles. The molecule has 7 heteroatoms. The predicted octanol–water partition coefficient (Wildman–Crippen LogP) is 7.19. The van der Waals surface area contributed by atoms with E-state index < -0.39 is 0 Å². The summed E-state index contributed by atoms with van der Waals surface area (Å²) in [4.78, 5) is 27.5. The first-order chi connectivity index (χ1) is 16.4. The molecule has 2 aromatic rings. The first-order valence-corrected chi connectivity index (χ1v) is 13.7. The maximum atomic E-state index is 13.0. The molecule has 0 radical (unpaired) electrons. The van der Waals surface area contributed by atoms with Crippen molar-refractivity contribution in [3.63, 3.8) is 0 Å². The second kappa shape index (κ2) is 11.6. The Morgan fingerprint density at radius 1 is 1.12 bits per heavy atom. The van der Waals surface area contributed by atoms with Gasteiger partial charge in [-0.2, -0.15) is 0 Å². The van der Waals surface area contributed by atoms with Crippen LogP contribution in [0, 0.1) is 16.4 Å². The molecule has 0 N–H and O–H groups in total. The Morgan fingerprint density at radius 3 is 2.65 bits per heavy atom. The Balaban J connectivity index is 1.52. The number of ether oxygens (including phenoxy) is 2. The number of amides is 2. The highest BCUT2D eigenvalue weighted by molar-refractivity contribution is 14.1. The quantitative estimate of drug-likeness (QED) is 0.240. The van der Waals surface area contributed by atoms with Gasteiger partial charge in [0.2, 0.25) is 0 Å². The van der Waals surface area contributed by atoms with Crippen LogP contribution in [0.4, 0.5) is 4.79 Å². The van der Waals surface area contributed by atoms with Gasteiger partial charge in [0.25, 0.3) is 11.1 Å². The van der Waals surface area contributed by atoms with Crippen LogP contribution < -0.4 is 9.47 Å². The average molecular weight is 592 g/mol. The number of rotatable bonds is 8. The van der Waals surface area contributed by atoms with Crippen molar-refractivity contribution in [2.75, 3.05) is 13.2 Å². The van der Waals surface area contributed by atoms with Crippen molar-refractivity contribution in [2.24, 2.45) is 5.92 Å². The number of hydrogen-bond acceptors (Lipinski definition) is 5. The van der Waals surface area contributed by atoms with Crippen LogP contribution in [0.2, 0.25) is 0 Å². The average Bonchev–Trinajstić information content (AvgIpc) is 3.07. The zero-order chi connectivity index (χ0) is 24.1. The topological polar surface area (TPSA) is 55.8 Å². The van der Waals surface area contributed by atoms with Gasteiger partial charge in [0.05, 0.1) is 15.1 Å². The number of hydrogen-bond donors (Lipinski definition) is 0. The minimum absolute atomic E-state index is 0.167. The summed E-state index contributed by atoms with van der Waals surface area (Å²) in [7, 11) is 0. The lowest BCUT2D eigenvalue weighted by molar-refractivity contribution is -0.123. The molecule has 0 spiro atoms. The molecule has 1 saturated carbocycles. The Morgan fingerprint density at radius 2 is 1.91 bits per heavy atom. The van der Waals surface area contributed by atoms with Gasteiger partial charge in [-0.1, -0.05) is 49.1 Å². The molecular weight excluding hydrogens is 561 g/mol. The molecule has 2 fully saturated rings. The van der Waals surface area contributed by atoms with Crippen molar-refractivity contribution in [2.45, 2.75) is 52.6 Å². The third-order valence-electron chi connectivity index (χ3n) is 6.13. The highest BCUT2D eigenvalue weighted by atomic mass is 127. The summed E-state index contributed by atoms with van der Waals surface area (Å²) in [6.45, 7) is 5.47. The maximum absolute atomic E-state index is 13.0. The second-order valence-electron chi connectivity index (χ2n) is 8.84. The SMILES string of the molecule is CCOc1cc(/C=C2/SC(=O)N(CC3CCCCC3)C2=O)cc(I)c1OCc1cccc(C)c1. The van der Waals surface area contributed by atoms with Crippen LogP contribution >= 0.6 is 34.4 Å². The zero-order valence-electron chi connectivity index (χ0n) is 19.6. The lowest BCUT2D eigenvalue weighted by atomic mass is 9.89. The highest BCUT2D eigenvalue weighted by Crippen LogP contribution is 2.38. The summed E-state index contributed by atoms with van der Waals surface area (Å²) in [5, 5.41) is -0.167. The molecule has 2 aliphatic rings. The summed E-state index contributed by atoms with van der Waals surface area (Å²) in [5.74, 6) is 1.56. The van der Waals surface area contributed by atoms with E-state index >= 15 is 0 Å². The fourth-order valence-corrected chi connectivity index (χ4v) is 6.10. The number of nitrogens with zero attached hydrogens (tertiary/aromatic N) is 1. The standard InChI is InChI=1S/C27H30INO4S/c1-3-32-23-14-21(13-22(28)25(23)33-17-20-11-7-8-18(2)12-20)15-24-26(30)29(27(31)34-24)16-19-9-5-4-6-10-19/h7-8,11-15,19H,3-6,9-10,16-17H2,1-2H3/b24-15+. The van der Waals surface area contributed by atoms with Crippen LogP contribution in [0.25, 0.3) is 6.08 Å². The van der Waals surface area contributed by atoms with Gasteiger partial charge in [-0.25, -0.2) is 0 Å². The van der Waals surface area contributed by atoms with Gasteiger partial charge in [-0.3, -0.25) is 14.5 Å². The number of imide groups is 1. The summed E-state index contributed by atoms with van der Waals surface area (Å²) in [6, 6.07) is 12.1. The number of thioether (sulfide) groups is 1. The minimum atomic E-state index is -0.187. The number of aryl methyl sites for hydroxylation is 1. The van der Waals surface area contributed by atoms with E-state index in [0.717, 1.165) is 39.3 Å². The van der Waals surface area contributed by atoms with Crippen molar-refractivity contribution >= 4 is 51.6 Å². The van der Waals surface area contributed by atoms with Crippen molar-refractivity contribution in [1.82, 2.24) is 4.90 Å². The third kappa shape index (κ3) is 6.16. The molecular formula is C27H30INO4S. The van der Waals surface area contributed by atoms with Crippen LogP contribution in [0.5, 0.6) is 11.5 Å². The lowest BCUT2D eigenvalue weighted by Gasteiger charge is -2.25. The Kier molecular flexibility index (Phi) is 8.58. The lowest BCUT2D eigenvalue weighted by Crippen LogP contribution is -2.34. The second-order valence-corrected chi connectivity index (χ2v) is 11.0. The maximum Gasteiger partial charge on any atom is 0.293 e. The Labute approximate surface area is 219 Å². The van der Waals surface area contributed by atoms with Gasteiger partial charge in [-0.15, -0.1) is 0 Å². The summed E-state index contributed by atoms with van der Waals surface area (Å²) in [5.41, 5.74) is 3.10. The van der Waals surface area contributed by atoms with Crippen LogP contribution in [0.15, 0.2) is 41.3 Å². The molecule has 0 aromatic heterocycles. The van der Waals surface area contributed by atoms with Crippen LogP contribution in [-0.4, -0.2) is 29.2 Å². The van der Waals surface area contributed by atoms with E-state index in [1.54, 1.807) is 6.08 Å². The molecule has 34 heavy (non-hydrogen) atoms. The number of carbonyl (C=O) groups is 2. The molecule has 180 valence electrons. The van der Waals surface area contributed by atoms with E-state index in [0.29, 0.717) is 42.1 Å². The summed E-state index contributed by atoms with van der Waals surface area (Å²) < 4.78 is 12.9. The molecule has 0 unspecified atom stereocenters. The minimum Gasteiger partial charge on any atom is -0.490 e. The van der Waals surface area contributed by atoms with Crippen LogP contribution in [-0.2, 0) is 11.4 Å². The van der Waals surface area contributed by atoms with Gasteiger partial charge in [0, 0.05) is 6.54 Å². The molecule has 2 amide bonds. The third-order valence-corrected chi connectivity index (χ3v) is 7.84. The zero-order valence-corrected chi connectivity index (χ0v) is 22.6. The smallest absolute Gasteiger partial charge is 0.293 e. The highest BCUT2D eigenvalue weighted by Gasteiger charge is 2.36. The fourth-order valence-electron chi connectivity index (χ4n) is 4.47. The van der Waals surface area contributed by atoms with E-state index in [1.807, 2.05) is 31.2 Å². The van der Waals surface area contributed by atoms with E-state index in [-0.39, 0.29) is 11.1 Å². The van der Waals surface area contributed by atoms with Gasteiger partial charge in [0.1, 0.15) is 6.61 Å². The van der Waals surface area contributed by atoms with Crippen molar-refractivity contribution in [3.8, 4) is 11.5 Å². The first kappa shape index (κ1) is 25.1. The number of halogens is 1. The van der Waals surface area contributed by atoms with E-state index in [4.69, 9.17) is 9.47 Å². The molecule has 0 atom stereocenters. The molecule has 1 saturated heterocycles. The normalized spacial score (nSPS) is 18.1. The van der Waals surface area contributed by atoms with E-state index in [2.05, 4.69) is 41.6 Å². The van der Waals surface area contributed by atoms with Crippen LogP contribution in [0.3, 0.4) is 0 Å². The summed E-state index contributed by atoms with van der Waals surface area (Å²) in [6.07, 6.45) is 7.62. The monoisotopic (exact) mass is 591 g/mol. The first-order valence-electron chi connectivity index (χ1n) is 11.8. The molecule has 1 aliphatic heterocycles. The number of benzene rings is 2. The van der Waals surface area contributed by atoms with E-state index in [1.165, 1.54) is 29.7 Å². The molecule has 0 bridgehead atoms. The van der Waals surface area contributed by atoms with Crippen molar-refractivity contribution < 1.29 is 19.1 Å². The van der Waals surface area contributed by atoms with Gasteiger partial charge in [0.15, 0.2) is 11.5 Å². The summed E-state index contributed by atoms with van der Waals surface area (Å²) >= 11 is 3.26. The van der Waals surface area contributed by atoms with Crippen LogP contribution in [0.1, 0.15) is 55.7 Å². The molecule has 1 aliphatic carbocycles. The van der Waals surface area contributed by atoms with Gasteiger partial charge >= 0.3 is 0 Å². The predicted molar refractivity (Wildman–Crippen MR) is 145 cm³/mol. The Bertz CT molecular complexity index is 1090. The molecule has 5 nitrogen and oxygen atoms in total. The molecule has 4 rings (SSSR count). The Hall–Kier alpha value is -2.00. The van der Waals surface area contributed by atoms with E-state index in [9.17, 15) is 9.59 Å². The largest absolute Gasteiger partial charge is 0.490 e. The fraction of sp³-hybridized carbons (Fsp3) is 0.407.